The molecule has 0 saturated carbocycles. The summed E-state index contributed by atoms with van der Waals surface area (Å²) in [6.07, 6.45) is 0. The van der Waals surface area contributed by atoms with Crippen LogP contribution in [0.25, 0.3) is 0 Å². The number of nitrogens with zero attached hydrogens (tertiary/aromatic N) is 2. The van der Waals surface area contributed by atoms with Gasteiger partial charge in [0.25, 0.3) is 5.91 Å². The lowest BCUT2D eigenvalue weighted by Crippen LogP contribution is -2.50. The van der Waals surface area contributed by atoms with E-state index in [9.17, 15) is 19.7 Å². The fraction of sp³-hybridized carbons (Fsp3) is 0.333. The van der Waals surface area contributed by atoms with Gasteiger partial charge in [0.15, 0.2) is 5.69 Å². The minimum absolute atomic E-state index is 0.0222. The summed E-state index contributed by atoms with van der Waals surface area (Å²) >= 11 is 0. The molecule has 0 unspecified atom stereocenters. The van der Waals surface area contributed by atoms with E-state index in [4.69, 9.17) is 0 Å². The van der Waals surface area contributed by atoms with Crippen LogP contribution in [0.5, 0.6) is 0 Å². The van der Waals surface area contributed by atoms with Gasteiger partial charge >= 0.3 is 5.82 Å². The maximum absolute atomic E-state index is 11.9. The van der Waals surface area contributed by atoms with Crippen LogP contribution in [0.15, 0.2) is 12.1 Å². The summed E-state index contributed by atoms with van der Waals surface area (Å²) in [7, 11) is 0. The minimum Gasteiger partial charge on any atom is -0.358 e. The molecule has 1 aliphatic rings. The van der Waals surface area contributed by atoms with Crippen molar-refractivity contribution in [2.45, 2.75) is 0 Å². The van der Waals surface area contributed by atoms with Gasteiger partial charge < -0.3 is 20.3 Å². The van der Waals surface area contributed by atoms with Crippen molar-refractivity contribution in [2.24, 2.45) is 0 Å². The van der Waals surface area contributed by atoms with Gasteiger partial charge in [-0.3, -0.25) is 9.59 Å². The Morgan fingerprint density at radius 2 is 2.24 bits per heavy atom. The number of amides is 2. The average molecular weight is 238 g/mol. The van der Waals surface area contributed by atoms with Gasteiger partial charge in [-0.2, -0.15) is 0 Å². The third kappa shape index (κ3) is 2.25. The molecule has 0 aromatic carbocycles. The molecule has 1 saturated heterocycles. The van der Waals surface area contributed by atoms with E-state index < -0.39 is 10.8 Å². The van der Waals surface area contributed by atoms with Crippen LogP contribution in [0.1, 0.15) is 10.5 Å². The van der Waals surface area contributed by atoms with E-state index in [2.05, 4.69) is 10.3 Å². The fourth-order valence-electron chi connectivity index (χ4n) is 1.60. The van der Waals surface area contributed by atoms with Gasteiger partial charge in [0, 0.05) is 19.2 Å². The molecule has 0 spiro atoms. The molecule has 1 aromatic rings. The van der Waals surface area contributed by atoms with Gasteiger partial charge in [0.2, 0.25) is 5.91 Å². The third-order valence-corrected chi connectivity index (χ3v) is 2.42. The predicted octanol–water partition coefficient (Wildman–Crippen LogP) is -0.505. The Balaban J connectivity index is 2.13. The number of piperazine rings is 1. The fourth-order valence-corrected chi connectivity index (χ4v) is 1.60. The zero-order valence-electron chi connectivity index (χ0n) is 8.80. The number of aromatic nitrogens is 1. The second kappa shape index (κ2) is 4.24. The highest BCUT2D eigenvalue weighted by Gasteiger charge is 2.25. The number of aromatic amines is 1. The van der Waals surface area contributed by atoms with Crippen molar-refractivity contribution in [3.05, 3.63) is 27.9 Å². The van der Waals surface area contributed by atoms with Crippen molar-refractivity contribution >= 4 is 17.6 Å². The van der Waals surface area contributed by atoms with E-state index in [0.29, 0.717) is 13.1 Å². The first kappa shape index (κ1) is 11.1. The normalized spacial score (nSPS) is 15.5. The van der Waals surface area contributed by atoms with E-state index in [1.165, 1.54) is 17.0 Å². The van der Waals surface area contributed by atoms with Crippen molar-refractivity contribution in [3.8, 4) is 0 Å². The number of hydrogen-bond donors (Lipinski definition) is 2. The van der Waals surface area contributed by atoms with Crippen molar-refractivity contribution in [1.82, 2.24) is 15.2 Å². The molecule has 1 fully saturated rings. The van der Waals surface area contributed by atoms with E-state index in [1.54, 1.807) is 0 Å². The lowest BCUT2D eigenvalue weighted by Gasteiger charge is -2.25. The largest absolute Gasteiger partial charge is 0.358 e. The van der Waals surface area contributed by atoms with Crippen LogP contribution in [0.4, 0.5) is 5.82 Å². The maximum Gasteiger partial charge on any atom is 0.321 e. The van der Waals surface area contributed by atoms with Gasteiger partial charge in [-0.15, -0.1) is 0 Å². The van der Waals surface area contributed by atoms with Crippen LogP contribution < -0.4 is 5.32 Å². The van der Waals surface area contributed by atoms with Crippen LogP contribution in [-0.4, -0.2) is 46.3 Å². The highest BCUT2D eigenvalue weighted by atomic mass is 16.6. The molecule has 8 nitrogen and oxygen atoms in total. The minimum atomic E-state index is -0.611. The lowest BCUT2D eigenvalue weighted by atomic mass is 10.3. The van der Waals surface area contributed by atoms with Crippen molar-refractivity contribution in [2.75, 3.05) is 19.6 Å². The van der Waals surface area contributed by atoms with E-state index in [1.807, 2.05) is 0 Å². The summed E-state index contributed by atoms with van der Waals surface area (Å²) in [6, 6.07) is 2.56. The Kier molecular flexibility index (Phi) is 2.77. The predicted molar refractivity (Wildman–Crippen MR) is 56.4 cm³/mol. The SMILES string of the molecule is O=C1CN(C(=O)c2ccc([N+](=O)[O-])[nH]2)CCN1. The Morgan fingerprint density at radius 3 is 2.82 bits per heavy atom. The van der Waals surface area contributed by atoms with E-state index in [-0.39, 0.29) is 24.0 Å². The van der Waals surface area contributed by atoms with Crippen molar-refractivity contribution < 1.29 is 14.5 Å². The zero-order valence-corrected chi connectivity index (χ0v) is 8.80. The molecular weight excluding hydrogens is 228 g/mol. The quantitative estimate of drug-likeness (QED) is 0.534. The highest BCUT2D eigenvalue weighted by molar-refractivity contribution is 5.96. The molecule has 0 radical (unpaired) electrons. The molecular formula is C9H10N4O4. The Bertz CT molecular complexity index is 481. The molecule has 0 bridgehead atoms. The van der Waals surface area contributed by atoms with Gasteiger partial charge in [0.1, 0.15) is 6.54 Å². The third-order valence-electron chi connectivity index (χ3n) is 2.42. The van der Waals surface area contributed by atoms with Gasteiger partial charge in [-0.05, 0) is 11.0 Å². The van der Waals surface area contributed by atoms with Crippen LogP contribution in [0.3, 0.4) is 0 Å². The summed E-state index contributed by atoms with van der Waals surface area (Å²) < 4.78 is 0. The first-order valence-electron chi connectivity index (χ1n) is 4.97. The molecule has 0 atom stereocenters. The molecule has 2 N–H and O–H groups in total. The smallest absolute Gasteiger partial charge is 0.321 e. The first-order chi connectivity index (χ1) is 8.08. The second-order valence-electron chi connectivity index (χ2n) is 3.59. The molecule has 8 heteroatoms. The van der Waals surface area contributed by atoms with Crippen LogP contribution in [0, 0.1) is 10.1 Å². The number of nitro groups is 1. The first-order valence-corrected chi connectivity index (χ1v) is 4.97. The van der Waals surface area contributed by atoms with Crippen molar-refractivity contribution in [3.63, 3.8) is 0 Å². The summed E-state index contributed by atoms with van der Waals surface area (Å²) in [5, 5.41) is 13.0. The van der Waals surface area contributed by atoms with Crippen LogP contribution in [-0.2, 0) is 4.79 Å². The molecule has 1 aliphatic heterocycles. The number of hydrogen-bond acceptors (Lipinski definition) is 4. The summed E-state index contributed by atoms with van der Waals surface area (Å²) in [6.45, 7) is 0.774. The summed E-state index contributed by atoms with van der Waals surface area (Å²) in [4.78, 5) is 36.6. The molecule has 90 valence electrons. The monoisotopic (exact) mass is 238 g/mol. The molecule has 2 amide bonds. The Labute approximate surface area is 95.7 Å². The second-order valence-corrected chi connectivity index (χ2v) is 3.59. The average Bonchev–Trinajstić information content (AvgIpc) is 2.77. The number of nitrogens with one attached hydrogen (secondary N) is 2. The topological polar surface area (TPSA) is 108 Å². The lowest BCUT2D eigenvalue weighted by molar-refractivity contribution is -0.389. The van der Waals surface area contributed by atoms with Gasteiger partial charge in [0.05, 0.1) is 0 Å². The van der Waals surface area contributed by atoms with Crippen LogP contribution >= 0.6 is 0 Å². The van der Waals surface area contributed by atoms with E-state index >= 15 is 0 Å². The molecule has 2 rings (SSSR count). The summed E-state index contributed by atoms with van der Waals surface area (Å²) in [5.74, 6) is -0.881. The molecule has 17 heavy (non-hydrogen) atoms. The number of carbonyl (C=O) groups is 2. The number of carbonyl (C=O) groups excluding carboxylic acids is 2. The van der Waals surface area contributed by atoms with Crippen molar-refractivity contribution in [1.29, 1.82) is 0 Å². The Morgan fingerprint density at radius 1 is 1.47 bits per heavy atom. The standard InChI is InChI=1S/C9H10N4O4/c14-8-5-12(4-3-10-8)9(15)6-1-2-7(11-6)13(16)17/h1-2,11H,3-5H2,(H,10,14). The van der Waals surface area contributed by atoms with Gasteiger partial charge in [-0.25, -0.2) is 4.98 Å². The zero-order chi connectivity index (χ0) is 12.4. The van der Waals surface area contributed by atoms with E-state index in [0.717, 1.165) is 0 Å². The molecule has 2 heterocycles. The highest BCUT2D eigenvalue weighted by Crippen LogP contribution is 2.12. The number of rotatable bonds is 2. The molecule has 1 aromatic heterocycles. The maximum atomic E-state index is 11.9. The number of H-pyrrole nitrogens is 1. The summed E-state index contributed by atoms with van der Waals surface area (Å²) in [5.41, 5.74) is 0.117. The van der Waals surface area contributed by atoms with Crippen LogP contribution in [0.2, 0.25) is 0 Å². The van der Waals surface area contributed by atoms with Gasteiger partial charge in [-0.1, -0.05) is 0 Å². The molecule has 0 aliphatic carbocycles. The Hall–Kier alpha value is -2.38.